The zero-order valence-corrected chi connectivity index (χ0v) is 14.9. The van der Waals surface area contributed by atoms with Gasteiger partial charge in [-0.2, -0.15) is 0 Å². The molecule has 3 heterocycles. The molecule has 26 heavy (non-hydrogen) atoms. The van der Waals surface area contributed by atoms with Gasteiger partial charge in [0.1, 0.15) is 0 Å². The Morgan fingerprint density at radius 3 is 3.08 bits per heavy atom. The van der Waals surface area contributed by atoms with Crippen molar-refractivity contribution in [2.24, 2.45) is 0 Å². The molecule has 0 saturated carbocycles. The number of nitrogens with zero attached hydrogens (tertiary/aromatic N) is 4. The van der Waals surface area contributed by atoms with Crippen LogP contribution >= 0.6 is 0 Å². The first-order valence-electron chi connectivity index (χ1n) is 8.95. The summed E-state index contributed by atoms with van der Waals surface area (Å²) in [6.07, 6.45) is 5.60. The van der Waals surface area contributed by atoms with E-state index >= 15 is 0 Å². The predicted molar refractivity (Wildman–Crippen MR) is 99.3 cm³/mol. The predicted octanol–water partition coefficient (Wildman–Crippen LogP) is 1.99. The number of carbonyl (C=O) groups is 1. The maximum atomic E-state index is 12.7. The van der Waals surface area contributed by atoms with Crippen molar-refractivity contribution in [2.45, 2.75) is 38.8 Å². The summed E-state index contributed by atoms with van der Waals surface area (Å²) in [4.78, 5) is 16.9. The zero-order valence-electron chi connectivity index (χ0n) is 14.9. The van der Waals surface area contributed by atoms with Crippen molar-refractivity contribution in [3.8, 4) is 5.69 Å². The number of pyridine rings is 1. The molecule has 134 valence electrons. The van der Waals surface area contributed by atoms with Crippen LogP contribution in [0.1, 0.15) is 35.9 Å². The van der Waals surface area contributed by atoms with Crippen molar-refractivity contribution in [3.05, 3.63) is 48.0 Å². The number of hydrogen-bond donors (Lipinski definition) is 2. The summed E-state index contributed by atoms with van der Waals surface area (Å²) in [6.45, 7) is 4.97. The van der Waals surface area contributed by atoms with E-state index in [0.29, 0.717) is 5.69 Å². The summed E-state index contributed by atoms with van der Waals surface area (Å²) in [6, 6.07) is 8.25. The Labute approximate surface area is 151 Å². The quantitative estimate of drug-likeness (QED) is 0.755. The van der Waals surface area contributed by atoms with Crippen LogP contribution in [-0.4, -0.2) is 44.5 Å². The highest BCUT2D eigenvalue weighted by atomic mass is 16.2. The number of hydrogen-bond acceptors (Lipinski definition) is 5. The fourth-order valence-corrected chi connectivity index (χ4v) is 3.54. The topological polar surface area (TPSA) is 84.7 Å². The molecule has 0 radical (unpaired) electrons. The molecule has 0 spiro atoms. The van der Waals surface area contributed by atoms with E-state index < -0.39 is 0 Å². The molecule has 1 fully saturated rings. The van der Waals surface area contributed by atoms with E-state index in [0.717, 1.165) is 41.5 Å². The van der Waals surface area contributed by atoms with Gasteiger partial charge in [-0.1, -0.05) is 17.3 Å². The summed E-state index contributed by atoms with van der Waals surface area (Å²) in [5.41, 5.74) is 1.98. The van der Waals surface area contributed by atoms with E-state index in [-0.39, 0.29) is 18.0 Å². The zero-order chi connectivity index (χ0) is 18.1. The molecule has 1 aliphatic rings. The van der Waals surface area contributed by atoms with Gasteiger partial charge in [0.2, 0.25) is 0 Å². The third-order valence-electron chi connectivity index (χ3n) is 5.07. The van der Waals surface area contributed by atoms with Crippen molar-refractivity contribution in [2.75, 3.05) is 6.54 Å². The second kappa shape index (κ2) is 6.84. The molecule has 2 unspecified atom stereocenters. The summed E-state index contributed by atoms with van der Waals surface area (Å²) in [5.74, 6) is -0.170. The summed E-state index contributed by atoms with van der Waals surface area (Å²) >= 11 is 0. The average Bonchev–Trinajstić information content (AvgIpc) is 3.04. The fraction of sp³-hybridized carbons (Fsp3) is 0.368. The van der Waals surface area contributed by atoms with Crippen molar-refractivity contribution in [1.29, 1.82) is 0 Å². The van der Waals surface area contributed by atoms with Crippen molar-refractivity contribution < 1.29 is 4.79 Å². The van der Waals surface area contributed by atoms with Gasteiger partial charge in [-0.25, -0.2) is 4.68 Å². The number of fused-ring (bicyclic) bond motifs is 1. The molecule has 2 N–H and O–H groups in total. The minimum absolute atomic E-state index is 0.115. The van der Waals surface area contributed by atoms with E-state index in [1.165, 1.54) is 0 Å². The van der Waals surface area contributed by atoms with E-state index in [9.17, 15) is 4.79 Å². The van der Waals surface area contributed by atoms with Gasteiger partial charge in [0, 0.05) is 35.2 Å². The molecule has 1 aromatic carbocycles. The summed E-state index contributed by atoms with van der Waals surface area (Å²) in [7, 11) is 0. The second-order valence-corrected chi connectivity index (χ2v) is 6.77. The Bertz CT molecular complexity index is 945. The van der Waals surface area contributed by atoms with Crippen LogP contribution in [0.25, 0.3) is 16.5 Å². The Kier molecular flexibility index (Phi) is 4.38. The fourth-order valence-electron chi connectivity index (χ4n) is 3.54. The van der Waals surface area contributed by atoms with Crippen molar-refractivity contribution >= 4 is 16.7 Å². The van der Waals surface area contributed by atoms with E-state index in [1.54, 1.807) is 10.9 Å². The normalized spacial score (nSPS) is 20.2. The van der Waals surface area contributed by atoms with E-state index in [1.807, 2.05) is 37.4 Å². The Morgan fingerprint density at radius 1 is 1.35 bits per heavy atom. The largest absolute Gasteiger partial charge is 0.346 e. The molecule has 2 aromatic heterocycles. The minimum atomic E-state index is -0.170. The van der Waals surface area contributed by atoms with E-state index in [2.05, 4.69) is 32.9 Å². The SMILES string of the molecule is Cc1c(C(=O)NC2CCCNC2C)nnn1-c1cccc2cnccc12. The van der Waals surface area contributed by atoms with Gasteiger partial charge in [-0.15, -0.1) is 5.10 Å². The Hall–Kier alpha value is -2.80. The molecule has 0 aliphatic carbocycles. The standard InChI is InChI=1S/C19H22N6O/c1-12-16(6-4-9-21-12)22-19(26)18-13(2)25(24-23-18)17-7-3-5-14-11-20-10-8-15(14)17/h3,5,7-8,10-12,16,21H,4,6,9H2,1-2H3,(H,22,26). The molecule has 1 amide bonds. The van der Waals surface area contributed by atoms with Crippen molar-refractivity contribution in [1.82, 2.24) is 30.6 Å². The summed E-state index contributed by atoms with van der Waals surface area (Å²) < 4.78 is 1.72. The molecule has 3 aromatic rings. The molecule has 1 aliphatic heterocycles. The first kappa shape index (κ1) is 16.7. The lowest BCUT2D eigenvalue weighted by molar-refractivity contribution is 0.0914. The highest BCUT2D eigenvalue weighted by Gasteiger charge is 2.25. The summed E-state index contributed by atoms with van der Waals surface area (Å²) in [5, 5.41) is 16.9. The first-order valence-corrected chi connectivity index (χ1v) is 8.95. The van der Waals surface area contributed by atoms with Crippen LogP contribution in [0.15, 0.2) is 36.7 Å². The molecular weight excluding hydrogens is 328 g/mol. The van der Waals surface area contributed by atoms with Gasteiger partial charge in [-0.05, 0) is 45.4 Å². The molecule has 4 rings (SSSR count). The highest BCUT2D eigenvalue weighted by Crippen LogP contribution is 2.22. The van der Waals surface area contributed by atoms with Crippen LogP contribution in [0.4, 0.5) is 0 Å². The molecule has 7 heteroatoms. The highest BCUT2D eigenvalue weighted by molar-refractivity contribution is 5.94. The number of benzene rings is 1. The minimum Gasteiger partial charge on any atom is -0.346 e. The monoisotopic (exact) mass is 350 g/mol. The number of piperidine rings is 1. The van der Waals surface area contributed by atoms with Crippen LogP contribution in [0.5, 0.6) is 0 Å². The lowest BCUT2D eigenvalue weighted by atomic mass is 10.00. The molecule has 1 saturated heterocycles. The lowest BCUT2D eigenvalue weighted by Gasteiger charge is -2.30. The van der Waals surface area contributed by atoms with Crippen LogP contribution in [0, 0.1) is 6.92 Å². The maximum Gasteiger partial charge on any atom is 0.274 e. The molecule has 2 atom stereocenters. The Morgan fingerprint density at radius 2 is 2.23 bits per heavy atom. The van der Waals surface area contributed by atoms with Gasteiger partial charge in [0.25, 0.3) is 5.91 Å². The number of rotatable bonds is 3. The second-order valence-electron chi connectivity index (χ2n) is 6.77. The van der Waals surface area contributed by atoms with Gasteiger partial charge < -0.3 is 10.6 Å². The molecular formula is C19H22N6O. The van der Waals surface area contributed by atoms with Gasteiger partial charge in [0.05, 0.1) is 11.4 Å². The number of nitrogens with one attached hydrogen (secondary N) is 2. The smallest absolute Gasteiger partial charge is 0.274 e. The molecule has 0 bridgehead atoms. The Balaban J connectivity index is 1.65. The average molecular weight is 350 g/mol. The van der Waals surface area contributed by atoms with Crippen LogP contribution in [-0.2, 0) is 0 Å². The number of amides is 1. The number of carbonyl (C=O) groups excluding carboxylic acids is 1. The van der Waals surface area contributed by atoms with Crippen LogP contribution < -0.4 is 10.6 Å². The van der Waals surface area contributed by atoms with Crippen LogP contribution in [0.2, 0.25) is 0 Å². The van der Waals surface area contributed by atoms with Gasteiger partial charge in [0.15, 0.2) is 5.69 Å². The first-order chi connectivity index (χ1) is 12.6. The van der Waals surface area contributed by atoms with Gasteiger partial charge >= 0.3 is 0 Å². The molecule has 7 nitrogen and oxygen atoms in total. The lowest BCUT2D eigenvalue weighted by Crippen LogP contribution is -2.52. The third-order valence-corrected chi connectivity index (χ3v) is 5.07. The van der Waals surface area contributed by atoms with Crippen molar-refractivity contribution in [3.63, 3.8) is 0 Å². The number of aromatic nitrogens is 4. The maximum absolute atomic E-state index is 12.7. The van der Waals surface area contributed by atoms with E-state index in [4.69, 9.17) is 0 Å². The van der Waals surface area contributed by atoms with Crippen LogP contribution in [0.3, 0.4) is 0 Å². The third kappa shape index (κ3) is 2.94. The van der Waals surface area contributed by atoms with Gasteiger partial charge in [-0.3, -0.25) is 9.78 Å².